The smallest absolute Gasteiger partial charge is 0.294 e. The lowest BCUT2D eigenvalue weighted by atomic mass is 10.2. The van der Waals surface area contributed by atoms with Crippen LogP contribution in [0.4, 0.5) is 10.5 Å². The van der Waals surface area contributed by atoms with Gasteiger partial charge in [0, 0.05) is 5.69 Å². The summed E-state index contributed by atoms with van der Waals surface area (Å²) in [4.78, 5) is 38.4. The van der Waals surface area contributed by atoms with Gasteiger partial charge in [-0.3, -0.25) is 19.3 Å². The number of hydrogen-bond acceptors (Lipinski definition) is 6. The largest absolute Gasteiger partial charge is 0.490 e. The molecule has 0 bridgehead atoms. The SMILES string of the molecule is O=C(CN1C(=O)S/C(=C\c2ccc(OCCOc3ccccc3)cc2)C1=O)Nc1ccccc1. The van der Waals surface area contributed by atoms with Crippen molar-refractivity contribution >= 4 is 40.6 Å². The maximum Gasteiger partial charge on any atom is 0.294 e. The zero-order valence-electron chi connectivity index (χ0n) is 18.2. The Morgan fingerprint density at radius 2 is 1.41 bits per heavy atom. The van der Waals surface area contributed by atoms with E-state index in [0.29, 0.717) is 24.7 Å². The van der Waals surface area contributed by atoms with Crippen molar-refractivity contribution in [3.05, 3.63) is 95.4 Å². The molecule has 1 aliphatic rings. The Labute approximate surface area is 201 Å². The predicted octanol–water partition coefficient (Wildman–Crippen LogP) is 4.82. The lowest BCUT2D eigenvalue weighted by molar-refractivity contribution is -0.127. The first kappa shape index (κ1) is 23.1. The number of benzene rings is 3. The van der Waals surface area contributed by atoms with E-state index in [1.54, 1.807) is 54.6 Å². The van der Waals surface area contributed by atoms with Crippen molar-refractivity contribution in [2.75, 3.05) is 25.1 Å². The molecule has 3 aromatic rings. The fourth-order valence-corrected chi connectivity index (χ4v) is 3.99. The molecule has 3 aromatic carbocycles. The van der Waals surface area contributed by atoms with Crippen LogP contribution in [0.2, 0.25) is 0 Å². The van der Waals surface area contributed by atoms with Gasteiger partial charge in [0.15, 0.2) is 0 Å². The van der Waals surface area contributed by atoms with Crippen LogP contribution in [0.1, 0.15) is 5.56 Å². The fraction of sp³-hybridized carbons (Fsp3) is 0.115. The normalized spacial score (nSPS) is 14.4. The molecule has 0 radical (unpaired) electrons. The van der Waals surface area contributed by atoms with Crippen LogP contribution in [0.25, 0.3) is 6.08 Å². The summed E-state index contributed by atoms with van der Waals surface area (Å²) in [6, 6.07) is 25.5. The molecule has 0 atom stereocenters. The number of amides is 3. The molecule has 0 unspecified atom stereocenters. The van der Waals surface area contributed by atoms with Crippen molar-refractivity contribution in [1.29, 1.82) is 0 Å². The summed E-state index contributed by atoms with van der Waals surface area (Å²) in [5, 5.41) is 2.20. The van der Waals surface area contributed by atoms with Crippen LogP contribution in [-0.2, 0) is 9.59 Å². The monoisotopic (exact) mass is 474 g/mol. The lowest BCUT2D eigenvalue weighted by Crippen LogP contribution is -2.36. The zero-order valence-corrected chi connectivity index (χ0v) is 19.0. The van der Waals surface area contributed by atoms with E-state index in [1.165, 1.54) is 0 Å². The van der Waals surface area contributed by atoms with E-state index in [0.717, 1.165) is 28.0 Å². The van der Waals surface area contributed by atoms with Gasteiger partial charge in [-0.25, -0.2) is 0 Å². The third-order valence-electron chi connectivity index (χ3n) is 4.77. The molecule has 0 saturated carbocycles. The molecule has 0 aromatic heterocycles. The molecule has 4 rings (SSSR count). The van der Waals surface area contributed by atoms with Gasteiger partial charge in [-0.15, -0.1) is 0 Å². The molecule has 7 nitrogen and oxygen atoms in total. The summed E-state index contributed by atoms with van der Waals surface area (Å²) in [6.07, 6.45) is 1.63. The minimum Gasteiger partial charge on any atom is -0.490 e. The molecule has 3 amide bonds. The third kappa shape index (κ3) is 6.26. The summed E-state index contributed by atoms with van der Waals surface area (Å²) in [6.45, 7) is 0.462. The summed E-state index contributed by atoms with van der Waals surface area (Å²) in [7, 11) is 0. The van der Waals surface area contributed by atoms with Gasteiger partial charge >= 0.3 is 0 Å². The van der Waals surface area contributed by atoms with Gasteiger partial charge in [-0.05, 0) is 59.8 Å². The van der Waals surface area contributed by atoms with Gasteiger partial charge in [0.25, 0.3) is 11.1 Å². The van der Waals surface area contributed by atoms with E-state index in [2.05, 4.69) is 5.32 Å². The zero-order chi connectivity index (χ0) is 23.8. The molecule has 1 aliphatic heterocycles. The maximum atomic E-state index is 12.7. The predicted molar refractivity (Wildman–Crippen MR) is 132 cm³/mol. The van der Waals surface area contributed by atoms with Crippen molar-refractivity contribution in [2.24, 2.45) is 0 Å². The highest BCUT2D eigenvalue weighted by Gasteiger charge is 2.36. The van der Waals surface area contributed by atoms with Crippen molar-refractivity contribution in [2.45, 2.75) is 0 Å². The van der Waals surface area contributed by atoms with Gasteiger partial charge in [0.1, 0.15) is 31.3 Å². The van der Waals surface area contributed by atoms with E-state index in [1.807, 2.05) is 36.4 Å². The molecule has 1 heterocycles. The molecule has 172 valence electrons. The van der Waals surface area contributed by atoms with Crippen molar-refractivity contribution in [1.82, 2.24) is 4.90 Å². The number of anilines is 1. The molecule has 1 saturated heterocycles. The minimum absolute atomic E-state index is 0.266. The van der Waals surface area contributed by atoms with E-state index < -0.39 is 17.1 Å². The number of thioether (sulfide) groups is 1. The molecular weight excluding hydrogens is 452 g/mol. The average Bonchev–Trinajstić information content (AvgIpc) is 3.11. The highest BCUT2D eigenvalue weighted by atomic mass is 32.2. The van der Waals surface area contributed by atoms with Gasteiger partial charge in [-0.1, -0.05) is 48.5 Å². The Morgan fingerprint density at radius 1 is 0.824 bits per heavy atom. The number of para-hydroxylation sites is 2. The standard InChI is InChI=1S/C26H22N2O5S/c29-24(27-20-7-3-1-4-8-20)18-28-25(30)23(34-26(28)31)17-19-11-13-22(14-12-19)33-16-15-32-21-9-5-2-6-10-21/h1-14,17H,15-16,18H2,(H,27,29)/b23-17-. The Bertz CT molecular complexity index is 1180. The van der Waals surface area contributed by atoms with Gasteiger partial charge in [0.2, 0.25) is 5.91 Å². The number of nitrogens with one attached hydrogen (secondary N) is 1. The van der Waals surface area contributed by atoms with Crippen molar-refractivity contribution in [3.8, 4) is 11.5 Å². The first-order chi connectivity index (χ1) is 16.6. The second-order valence-corrected chi connectivity index (χ2v) is 8.25. The summed E-state index contributed by atoms with van der Waals surface area (Å²) >= 11 is 0.815. The molecule has 8 heteroatoms. The summed E-state index contributed by atoms with van der Waals surface area (Å²) in [5.41, 5.74) is 1.34. The molecule has 0 spiro atoms. The highest BCUT2D eigenvalue weighted by Crippen LogP contribution is 2.32. The Kier molecular flexibility index (Phi) is 7.62. The van der Waals surface area contributed by atoms with Gasteiger partial charge < -0.3 is 14.8 Å². The maximum absolute atomic E-state index is 12.7. The number of imide groups is 1. The van der Waals surface area contributed by atoms with Crippen LogP contribution >= 0.6 is 11.8 Å². The highest BCUT2D eigenvalue weighted by molar-refractivity contribution is 8.18. The second kappa shape index (κ2) is 11.2. The van der Waals surface area contributed by atoms with Crippen LogP contribution in [0.3, 0.4) is 0 Å². The number of carbonyl (C=O) groups is 3. The van der Waals surface area contributed by atoms with Crippen LogP contribution in [0, 0.1) is 0 Å². The topological polar surface area (TPSA) is 84.9 Å². The Balaban J connectivity index is 1.28. The van der Waals surface area contributed by atoms with Crippen LogP contribution < -0.4 is 14.8 Å². The summed E-state index contributed by atoms with van der Waals surface area (Å²) < 4.78 is 11.3. The first-order valence-electron chi connectivity index (χ1n) is 10.6. The number of ether oxygens (including phenoxy) is 2. The minimum atomic E-state index is -0.489. The van der Waals surface area contributed by atoms with E-state index in [9.17, 15) is 14.4 Å². The number of nitrogens with zero attached hydrogens (tertiary/aromatic N) is 1. The first-order valence-corrected chi connectivity index (χ1v) is 11.4. The third-order valence-corrected chi connectivity index (χ3v) is 5.68. The molecule has 34 heavy (non-hydrogen) atoms. The van der Waals surface area contributed by atoms with Crippen LogP contribution in [0.15, 0.2) is 89.8 Å². The van der Waals surface area contributed by atoms with E-state index >= 15 is 0 Å². The fourth-order valence-electron chi connectivity index (χ4n) is 3.15. The van der Waals surface area contributed by atoms with E-state index in [4.69, 9.17) is 9.47 Å². The van der Waals surface area contributed by atoms with E-state index in [-0.39, 0.29) is 11.4 Å². The number of carbonyl (C=O) groups excluding carboxylic acids is 3. The quantitative estimate of drug-likeness (QED) is 0.354. The Morgan fingerprint density at radius 3 is 2.06 bits per heavy atom. The average molecular weight is 475 g/mol. The summed E-state index contributed by atoms with van der Waals surface area (Å²) in [5.74, 6) is 0.525. The lowest BCUT2D eigenvalue weighted by Gasteiger charge is -2.12. The Hall–Kier alpha value is -4.04. The number of hydrogen-bond donors (Lipinski definition) is 1. The molecule has 0 aliphatic carbocycles. The van der Waals surface area contributed by atoms with Crippen molar-refractivity contribution < 1.29 is 23.9 Å². The molecular formula is C26H22N2O5S. The number of rotatable bonds is 9. The van der Waals surface area contributed by atoms with Crippen molar-refractivity contribution in [3.63, 3.8) is 0 Å². The van der Waals surface area contributed by atoms with Crippen LogP contribution in [0.5, 0.6) is 11.5 Å². The van der Waals surface area contributed by atoms with Gasteiger partial charge in [-0.2, -0.15) is 0 Å². The van der Waals surface area contributed by atoms with Gasteiger partial charge in [0.05, 0.1) is 4.91 Å². The molecule has 1 N–H and O–H groups in total. The van der Waals surface area contributed by atoms with Crippen LogP contribution in [-0.4, -0.2) is 41.7 Å². The second-order valence-electron chi connectivity index (χ2n) is 7.26. The molecule has 1 fully saturated rings.